The van der Waals surface area contributed by atoms with Crippen molar-refractivity contribution in [2.75, 3.05) is 20.3 Å². The van der Waals surface area contributed by atoms with Gasteiger partial charge in [0.05, 0.1) is 19.8 Å². The number of para-hydroxylation sites is 1. The Bertz CT molecular complexity index is 598. The van der Waals surface area contributed by atoms with E-state index in [0.717, 1.165) is 30.8 Å². The molecule has 2 aliphatic heterocycles. The van der Waals surface area contributed by atoms with Gasteiger partial charge in [0, 0.05) is 25.1 Å². The summed E-state index contributed by atoms with van der Waals surface area (Å²) in [5.74, 6) is 0.653. The van der Waals surface area contributed by atoms with E-state index in [1.54, 1.807) is 12.0 Å². The van der Waals surface area contributed by atoms with Crippen molar-refractivity contribution in [3.8, 4) is 5.75 Å². The van der Waals surface area contributed by atoms with Crippen LogP contribution in [-0.2, 0) is 20.9 Å². The van der Waals surface area contributed by atoms with Crippen LogP contribution in [0.2, 0.25) is 0 Å². The number of hydrogen-bond donors (Lipinski definition) is 1. The molecule has 2 fully saturated rings. The van der Waals surface area contributed by atoms with Gasteiger partial charge in [-0.3, -0.25) is 9.59 Å². The van der Waals surface area contributed by atoms with Gasteiger partial charge in [0.25, 0.3) is 0 Å². The zero-order valence-electron chi connectivity index (χ0n) is 14.0. The molecule has 0 radical (unpaired) electrons. The third-order valence-electron chi connectivity index (χ3n) is 4.69. The van der Waals surface area contributed by atoms with E-state index in [4.69, 9.17) is 9.47 Å². The number of hydrogen-bond acceptors (Lipinski definition) is 4. The summed E-state index contributed by atoms with van der Waals surface area (Å²) in [4.78, 5) is 26.4. The number of ether oxygens (including phenoxy) is 2. The van der Waals surface area contributed by atoms with Gasteiger partial charge in [-0.15, -0.1) is 0 Å². The molecule has 6 heteroatoms. The van der Waals surface area contributed by atoms with Gasteiger partial charge < -0.3 is 19.7 Å². The van der Waals surface area contributed by atoms with Crippen molar-refractivity contribution in [2.24, 2.45) is 0 Å². The van der Waals surface area contributed by atoms with Crippen molar-refractivity contribution in [2.45, 2.75) is 44.4 Å². The third-order valence-corrected chi connectivity index (χ3v) is 4.69. The predicted octanol–water partition coefficient (Wildman–Crippen LogP) is 1.48. The molecule has 0 unspecified atom stereocenters. The highest BCUT2D eigenvalue weighted by atomic mass is 16.5. The monoisotopic (exact) mass is 332 g/mol. The lowest BCUT2D eigenvalue weighted by atomic mass is 10.1. The second-order valence-electron chi connectivity index (χ2n) is 6.27. The van der Waals surface area contributed by atoms with E-state index in [1.807, 2.05) is 24.3 Å². The second kappa shape index (κ2) is 7.66. The van der Waals surface area contributed by atoms with Gasteiger partial charge in [-0.2, -0.15) is 0 Å². The summed E-state index contributed by atoms with van der Waals surface area (Å²) in [6, 6.07) is 7.17. The summed E-state index contributed by atoms with van der Waals surface area (Å²) in [5.41, 5.74) is 0.909. The minimum absolute atomic E-state index is 0.0122. The first-order chi connectivity index (χ1) is 11.7. The predicted molar refractivity (Wildman–Crippen MR) is 88.5 cm³/mol. The van der Waals surface area contributed by atoms with E-state index in [0.29, 0.717) is 25.9 Å². The molecule has 2 amide bonds. The van der Waals surface area contributed by atoms with Crippen LogP contribution in [0.4, 0.5) is 0 Å². The molecule has 1 N–H and O–H groups in total. The first-order valence-corrected chi connectivity index (χ1v) is 8.49. The lowest BCUT2D eigenvalue weighted by molar-refractivity contribution is -0.136. The van der Waals surface area contributed by atoms with Gasteiger partial charge in [0.15, 0.2) is 0 Å². The third kappa shape index (κ3) is 3.70. The van der Waals surface area contributed by atoms with E-state index in [2.05, 4.69) is 5.32 Å². The van der Waals surface area contributed by atoms with Crippen LogP contribution in [0.1, 0.15) is 31.2 Å². The fourth-order valence-corrected chi connectivity index (χ4v) is 3.36. The topological polar surface area (TPSA) is 67.9 Å². The lowest BCUT2D eigenvalue weighted by Gasteiger charge is -2.25. The van der Waals surface area contributed by atoms with E-state index < -0.39 is 6.04 Å². The molecule has 0 spiro atoms. The number of carbonyl (C=O) groups is 2. The Morgan fingerprint density at radius 1 is 1.38 bits per heavy atom. The molecule has 1 aromatic rings. The molecule has 2 heterocycles. The Hall–Kier alpha value is -2.08. The Balaban J connectivity index is 1.63. The van der Waals surface area contributed by atoms with Crippen LogP contribution in [0.5, 0.6) is 5.75 Å². The number of nitrogens with zero attached hydrogens (tertiary/aromatic N) is 1. The van der Waals surface area contributed by atoms with Crippen molar-refractivity contribution in [3.05, 3.63) is 29.8 Å². The highest BCUT2D eigenvalue weighted by molar-refractivity contribution is 5.90. The number of benzene rings is 1. The van der Waals surface area contributed by atoms with Gasteiger partial charge in [-0.05, 0) is 25.3 Å². The summed E-state index contributed by atoms with van der Waals surface area (Å²) in [5, 5.41) is 2.94. The van der Waals surface area contributed by atoms with E-state index >= 15 is 0 Å². The van der Waals surface area contributed by atoms with Gasteiger partial charge in [-0.1, -0.05) is 18.2 Å². The molecule has 0 bridgehead atoms. The maximum Gasteiger partial charge on any atom is 0.242 e. The minimum atomic E-state index is -0.413. The Morgan fingerprint density at radius 2 is 2.21 bits per heavy atom. The van der Waals surface area contributed by atoms with Crippen molar-refractivity contribution in [3.63, 3.8) is 0 Å². The number of likely N-dealkylation sites (tertiary alicyclic amines) is 1. The Morgan fingerprint density at radius 3 is 2.96 bits per heavy atom. The number of amides is 2. The molecule has 0 aromatic heterocycles. The molecule has 130 valence electrons. The largest absolute Gasteiger partial charge is 0.496 e. The summed E-state index contributed by atoms with van der Waals surface area (Å²) in [6.45, 7) is 1.68. The quantitative estimate of drug-likeness (QED) is 0.857. The number of rotatable bonds is 6. The second-order valence-corrected chi connectivity index (χ2v) is 6.27. The van der Waals surface area contributed by atoms with Gasteiger partial charge >= 0.3 is 0 Å². The van der Waals surface area contributed by atoms with Crippen LogP contribution in [0.15, 0.2) is 24.3 Å². The number of nitrogens with one attached hydrogen (secondary N) is 1. The van der Waals surface area contributed by atoms with Crippen LogP contribution < -0.4 is 10.1 Å². The summed E-state index contributed by atoms with van der Waals surface area (Å²) < 4.78 is 10.9. The SMILES string of the molecule is COc1ccccc1CN1C(=O)CC[C@H]1C(=O)NC[C@@H]1CCCO1. The summed E-state index contributed by atoms with van der Waals surface area (Å²) >= 11 is 0. The standard InChI is InChI=1S/C18H24N2O4/c1-23-16-7-3-2-5-13(16)12-20-15(8-9-17(20)21)18(22)19-11-14-6-4-10-24-14/h2-3,5,7,14-15H,4,6,8-12H2,1H3,(H,19,22)/t14-,15-/m0/s1. The molecular formula is C18H24N2O4. The number of carbonyl (C=O) groups excluding carboxylic acids is 2. The first kappa shape index (κ1) is 16.8. The molecular weight excluding hydrogens is 308 g/mol. The fraction of sp³-hybridized carbons (Fsp3) is 0.556. The van der Waals surface area contributed by atoms with E-state index in [-0.39, 0.29) is 17.9 Å². The molecule has 2 atom stereocenters. The molecule has 2 saturated heterocycles. The summed E-state index contributed by atoms with van der Waals surface area (Å²) in [6.07, 6.45) is 3.10. The van der Waals surface area contributed by atoms with E-state index in [9.17, 15) is 9.59 Å². The van der Waals surface area contributed by atoms with Crippen LogP contribution >= 0.6 is 0 Å². The smallest absolute Gasteiger partial charge is 0.242 e. The van der Waals surface area contributed by atoms with Gasteiger partial charge in [0.1, 0.15) is 11.8 Å². The van der Waals surface area contributed by atoms with Crippen LogP contribution in [-0.4, -0.2) is 49.1 Å². The van der Waals surface area contributed by atoms with Gasteiger partial charge in [0.2, 0.25) is 11.8 Å². The molecule has 24 heavy (non-hydrogen) atoms. The molecule has 3 rings (SSSR count). The average Bonchev–Trinajstić information content (AvgIpc) is 3.24. The Labute approximate surface area is 142 Å². The molecule has 1 aromatic carbocycles. The molecule has 0 aliphatic carbocycles. The highest BCUT2D eigenvalue weighted by Gasteiger charge is 2.36. The molecule has 0 saturated carbocycles. The summed E-state index contributed by atoms with van der Waals surface area (Å²) in [7, 11) is 1.61. The van der Waals surface area contributed by atoms with Crippen LogP contribution in [0, 0.1) is 0 Å². The maximum absolute atomic E-state index is 12.5. The fourth-order valence-electron chi connectivity index (χ4n) is 3.36. The van der Waals surface area contributed by atoms with E-state index in [1.165, 1.54) is 0 Å². The zero-order valence-corrected chi connectivity index (χ0v) is 14.0. The first-order valence-electron chi connectivity index (χ1n) is 8.49. The molecule has 6 nitrogen and oxygen atoms in total. The normalized spacial score (nSPS) is 23.5. The lowest BCUT2D eigenvalue weighted by Crippen LogP contribution is -2.46. The van der Waals surface area contributed by atoms with Crippen LogP contribution in [0.25, 0.3) is 0 Å². The highest BCUT2D eigenvalue weighted by Crippen LogP contribution is 2.26. The van der Waals surface area contributed by atoms with Crippen molar-refractivity contribution < 1.29 is 19.1 Å². The van der Waals surface area contributed by atoms with Crippen LogP contribution in [0.3, 0.4) is 0 Å². The zero-order chi connectivity index (χ0) is 16.9. The van der Waals surface area contributed by atoms with Gasteiger partial charge in [-0.25, -0.2) is 0 Å². The Kier molecular flexibility index (Phi) is 5.35. The average molecular weight is 332 g/mol. The van der Waals surface area contributed by atoms with Crippen molar-refractivity contribution in [1.82, 2.24) is 10.2 Å². The van der Waals surface area contributed by atoms with Crippen molar-refractivity contribution in [1.29, 1.82) is 0 Å². The number of methoxy groups -OCH3 is 1. The minimum Gasteiger partial charge on any atom is -0.496 e. The molecule has 2 aliphatic rings. The maximum atomic E-state index is 12.5. The van der Waals surface area contributed by atoms with Crippen molar-refractivity contribution >= 4 is 11.8 Å².